The Morgan fingerprint density at radius 1 is 0.950 bits per heavy atom. The van der Waals surface area contributed by atoms with Crippen molar-refractivity contribution in [3.63, 3.8) is 0 Å². The van der Waals surface area contributed by atoms with Gasteiger partial charge in [0.2, 0.25) is 6.41 Å². The van der Waals surface area contributed by atoms with E-state index in [0.29, 0.717) is 19.0 Å². The van der Waals surface area contributed by atoms with Gasteiger partial charge in [-0.15, -0.1) is 0 Å². The Balaban J connectivity index is 1.68. The normalized spacial score (nSPS) is 12.5. The molecule has 2 N–H and O–H groups in total. The molecule has 0 saturated carbocycles. The molecule has 2 aromatic carbocycles. The summed E-state index contributed by atoms with van der Waals surface area (Å²) in [5.41, 5.74) is 3.50. The van der Waals surface area contributed by atoms with Crippen LogP contribution in [0.5, 0.6) is 0 Å². The third-order valence-corrected chi connectivity index (χ3v) is 6.73. The van der Waals surface area contributed by atoms with E-state index in [0.717, 1.165) is 68.0 Å². The molecule has 1 unspecified atom stereocenters. The highest BCUT2D eigenvalue weighted by molar-refractivity contribution is 5.88. The highest BCUT2D eigenvalue weighted by Gasteiger charge is 2.13. The molecule has 1 amide bonds. The Morgan fingerprint density at radius 3 is 2.50 bits per heavy atom. The van der Waals surface area contributed by atoms with Crippen molar-refractivity contribution in [2.45, 2.75) is 32.2 Å². The molecule has 0 saturated heterocycles. The minimum atomic E-state index is 0.338. The van der Waals surface area contributed by atoms with E-state index in [1.54, 1.807) is 6.08 Å². The molecule has 212 valence electrons. The lowest BCUT2D eigenvalue weighted by Crippen LogP contribution is -2.33. The number of amides is 1. The van der Waals surface area contributed by atoms with E-state index < -0.39 is 0 Å². The summed E-state index contributed by atoms with van der Waals surface area (Å²) in [7, 11) is 4.17. The molecule has 0 spiro atoms. The molecule has 7 nitrogen and oxygen atoms in total. The van der Waals surface area contributed by atoms with Crippen molar-refractivity contribution in [3.8, 4) is 0 Å². The molecule has 3 rings (SSSR count). The van der Waals surface area contributed by atoms with Gasteiger partial charge < -0.3 is 15.5 Å². The number of aromatic nitrogens is 2. The van der Waals surface area contributed by atoms with E-state index in [1.807, 2.05) is 30.4 Å². The molecule has 0 aliphatic heterocycles. The molecule has 0 fully saturated rings. The largest absolute Gasteiger partial charge is 0.369 e. The maximum atomic E-state index is 10.9. The molecule has 40 heavy (non-hydrogen) atoms. The zero-order valence-electron chi connectivity index (χ0n) is 24.2. The van der Waals surface area contributed by atoms with E-state index in [-0.39, 0.29) is 0 Å². The summed E-state index contributed by atoms with van der Waals surface area (Å²) in [6, 6.07) is 17.0. The first-order valence-corrected chi connectivity index (χ1v) is 14.1. The number of fused-ring (bicyclic) bond motifs is 1. The maximum absolute atomic E-state index is 10.9. The van der Waals surface area contributed by atoms with Crippen LogP contribution in [0.4, 0.5) is 5.82 Å². The highest BCUT2D eigenvalue weighted by Crippen LogP contribution is 2.21. The second-order valence-electron chi connectivity index (χ2n) is 10.2. The molecule has 0 bridgehead atoms. The Bertz CT molecular complexity index is 1250. The third kappa shape index (κ3) is 10.4. The van der Waals surface area contributed by atoms with Crippen LogP contribution in [0.15, 0.2) is 85.5 Å². The fourth-order valence-corrected chi connectivity index (χ4v) is 4.44. The summed E-state index contributed by atoms with van der Waals surface area (Å²) < 4.78 is 0. The van der Waals surface area contributed by atoms with Crippen molar-refractivity contribution in [2.24, 2.45) is 0 Å². The Labute approximate surface area is 239 Å². The quantitative estimate of drug-likeness (QED) is 0.132. The maximum Gasteiger partial charge on any atom is 0.207 e. The standard InChI is InChI=1S/C33H44N6O/c1-5-6-7-8-12-27(2)29-17-15-28(16-18-29)19-23-39(24-21-34-26-40)25-32-36-31-14-10-9-13-30(31)33(37-32)35-20-11-22-38(3)4/h5-10,12-18,26-27H,1,11,19-25H2,2-4H3,(H,34,40)(H,35,36,37)/b7-6-,12-8-. The van der Waals surface area contributed by atoms with Crippen LogP contribution < -0.4 is 10.6 Å². The SMILES string of the molecule is C=C/C=C\C=C/C(C)c1ccc(CCN(CCNC=O)Cc2nc(NCCCN(C)C)c3ccccc3n2)cc1. The van der Waals surface area contributed by atoms with Crippen molar-refractivity contribution < 1.29 is 4.79 Å². The average Bonchev–Trinajstić information content (AvgIpc) is 2.96. The first-order valence-electron chi connectivity index (χ1n) is 14.1. The predicted octanol–water partition coefficient (Wildman–Crippen LogP) is 5.19. The van der Waals surface area contributed by atoms with Gasteiger partial charge in [-0.3, -0.25) is 9.69 Å². The molecule has 3 aromatic rings. The lowest BCUT2D eigenvalue weighted by molar-refractivity contribution is -0.109. The number of hydrogen-bond acceptors (Lipinski definition) is 6. The van der Waals surface area contributed by atoms with Crippen LogP contribution >= 0.6 is 0 Å². The molecular weight excluding hydrogens is 496 g/mol. The smallest absolute Gasteiger partial charge is 0.207 e. The van der Waals surface area contributed by atoms with Gasteiger partial charge in [0, 0.05) is 31.6 Å². The molecule has 0 aliphatic carbocycles. The number of benzene rings is 2. The van der Waals surface area contributed by atoms with Crippen LogP contribution in [0.1, 0.15) is 36.2 Å². The molecule has 1 heterocycles. The third-order valence-electron chi connectivity index (χ3n) is 6.73. The molecular formula is C33H44N6O. The molecule has 1 atom stereocenters. The van der Waals surface area contributed by atoms with Crippen molar-refractivity contribution in [1.82, 2.24) is 25.1 Å². The van der Waals surface area contributed by atoms with Crippen LogP contribution in [0.25, 0.3) is 10.9 Å². The second-order valence-corrected chi connectivity index (χ2v) is 10.2. The summed E-state index contributed by atoms with van der Waals surface area (Å²) in [5.74, 6) is 2.00. The van der Waals surface area contributed by atoms with Gasteiger partial charge in [-0.2, -0.15) is 0 Å². The number of nitrogens with one attached hydrogen (secondary N) is 2. The van der Waals surface area contributed by atoms with Crippen molar-refractivity contribution in [3.05, 3.63) is 102 Å². The second kappa shape index (κ2) is 17.0. The summed E-state index contributed by atoms with van der Waals surface area (Å²) in [6.07, 6.45) is 12.6. The van der Waals surface area contributed by atoms with E-state index in [2.05, 4.69) is 90.5 Å². The number of carbonyl (C=O) groups is 1. The predicted molar refractivity (Wildman–Crippen MR) is 168 cm³/mol. The molecule has 7 heteroatoms. The van der Waals surface area contributed by atoms with Gasteiger partial charge in [-0.25, -0.2) is 9.97 Å². The summed E-state index contributed by atoms with van der Waals surface area (Å²) in [6.45, 7) is 10.5. The number of hydrogen-bond donors (Lipinski definition) is 2. The molecule has 0 aliphatic rings. The van der Waals surface area contributed by atoms with E-state index in [4.69, 9.17) is 9.97 Å². The number of rotatable bonds is 18. The number of allylic oxidation sites excluding steroid dienone is 5. The number of anilines is 1. The van der Waals surface area contributed by atoms with Crippen LogP contribution in [-0.2, 0) is 17.8 Å². The van der Waals surface area contributed by atoms with Crippen molar-refractivity contribution in [2.75, 3.05) is 52.1 Å². The summed E-state index contributed by atoms with van der Waals surface area (Å²) in [5, 5.41) is 7.36. The zero-order chi connectivity index (χ0) is 28.6. The fraction of sp³-hybridized carbons (Fsp3) is 0.364. The number of nitrogens with zero attached hydrogens (tertiary/aromatic N) is 4. The van der Waals surface area contributed by atoms with Gasteiger partial charge >= 0.3 is 0 Å². The average molecular weight is 541 g/mol. The monoisotopic (exact) mass is 540 g/mol. The van der Waals surface area contributed by atoms with Gasteiger partial charge in [0.25, 0.3) is 0 Å². The Kier molecular flexibility index (Phi) is 13.1. The number of carbonyl (C=O) groups excluding carboxylic acids is 1. The van der Waals surface area contributed by atoms with E-state index >= 15 is 0 Å². The lowest BCUT2D eigenvalue weighted by atomic mass is 9.98. The number of para-hydroxylation sites is 1. The first kappa shape index (κ1) is 30.7. The first-order chi connectivity index (χ1) is 19.5. The van der Waals surface area contributed by atoms with Crippen molar-refractivity contribution in [1.29, 1.82) is 0 Å². The minimum Gasteiger partial charge on any atom is -0.369 e. The van der Waals surface area contributed by atoms with Crippen LogP contribution in [-0.4, -0.2) is 73.0 Å². The Hall–Kier alpha value is -3.81. The van der Waals surface area contributed by atoms with Crippen LogP contribution in [0.3, 0.4) is 0 Å². The van der Waals surface area contributed by atoms with Crippen LogP contribution in [0, 0.1) is 0 Å². The zero-order valence-corrected chi connectivity index (χ0v) is 24.2. The Morgan fingerprint density at radius 2 is 1.75 bits per heavy atom. The minimum absolute atomic E-state index is 0.338. The highest BCUT2D eigenvalue weighted by atomic mass is 16.1. The fourth-order valence-electron chi connectivity index (χ4n) is 4.44. The summed E-state index contributed by atoms with van der Waals surface area (Å²) in [4.78, 5) is 25.2. The van der Waals surface area contributed by atoms with Crippen molar-refractivity contribution >= 4 is 23.1 Å². The van der Waals surface area contributed by atoms with E-state index in [9.17, 15) is 4.79 Å². The van der Waals surface area contributed by atoms with Gasteiger partial charge in [0.15, 0.2) is 0 Å². The van der Waals surface area contributed by atoms with Gasteiger partial charge in [0.05, 0.1) is 12.1 Å². The van der Waals surface area contributed by atoms with Crippen LogP contribution in [0.2, 0.25) is 0 Å². The van der Waals surface area contributed by atoms with Gasteiger partial charge in [-0.05, 0) is 62.7 Å². The lowest BCUT2D eigenvalue weighted by Gasteiger charge is -2.22. The summed E-state index contributed by atoms with van der Waals surface area (Å²) >= 11 is 0. The topological polar surface area (TPSA) is 73.4 Å². The van der Waals surface area contributed by atoms with Gasteiger partial charge in [0.1, 0.15) is 11.6 Å². The van der Waals surface area contributed by atoms with Gasteiger partial charge in [-0.1, -0.05) is 80.3 Å². The molecule has 1 aromatic heterocycles. The van der Waals surface area contributed by atoms with E-state index in [1.165, 1.54) is 11.1 Å². The molecule has 0 radical (unpaired) electrons.